The Bertz CT molecular complexity index is 711. The number of carbonyl (C=O) groups excluding carboxylic acids is 1. The number of esters is 1. The third-order valence-corrected chi connectivity index (χ3v) is 3.21. The molecule has 0 amide bonds. The summed E-state index contributed by atoms with van der Waals surface area (Å²) in [6, 6.07) is 17.4. The molecule has 25 heavy (non-hydrogen) atoms. The van der Waals surface area contributed by atoms with Gasteiger partial charge in [0.1, 0.15) is 5.75 Å². The van der Waals surface area contributed by atoms with Crippen molar-refractivity contribution < 1.29 is 14.6 Å². The minimum atomic E-state index is -0.359. The quantitative estimate of drug-likeness (QED) is 0.461. The number of phenolic OH excluding ortho intramolecular Hbond substituents is 1. The molecule has 2 aromatic rings. The molecule has 0 atom stereocenters. The van der Waals surface area contributed by atoms with E-state index in [0.29, 0.717) is 12.4 Å². The highest BCUT2D eigenvalue weighted by Crippen LogP contribution is 2.17. The van der Waals surface area contributed by atoms with Crippen molar-refractivity contribution in [3.8, 4) is 5.75 Å². The second-order valence-corrected chi connectivity index (χ2v) is 5.12. The van der Waals surface area contributed by atoms with Crippen LogP contribution < -0.4 is 0 Å². The van der Waals surface area contributed by atoms with Crippen LogP contribution in [0.25, 0.3) is 11.6 Å². The van der Waals surface area contributed by atoms with Crippen LogP contribution in [0.4, 0.5) is 0 Å². The Labute approximate surface area is 149 Å². The van der Waals surface area contributed by atoms with Gasteiger partial charge in [0.2, 0.25) is 0 Å². The Morgan fingerprint density at radius 2 is 1.76 bits per heavy atom. The highest BCUT2D eigenvalue weighted by molar-refractivity contribution is 5.81. The van der Waals surface area contributed by atoms with Crippen LogP contribution in [0, 0.1) is 0 Å². The molecule has 0 heterocycles. The summed E-state index contributed by atoms with van der Waals surface area (Å²) in [5.41, 5.74) is 3.47. The van der Waals surface area contributed by atoms with E-state index < -0.39 is 0 Å². The molecule has 0 aliphatic rings. The first-order chi connectivity index (χ1) is 12.1. The zero-order valence-electron chi connectivity index (χ0n) is 14.7. The van der Waals surface area contributed by atoms with E-state index in [-0.39, 0.29) is 5.97 Å². The van der Waals surface area contributed by atoms with Gasteiger partial charge in [0.25, 0.3) is 0 Å². The van der Waals surface area contributed by atoms with Crippen molar-refractivity contribution in [3.63, 3.8) is 0 Å². The monoisotopic (exact) mass is 336 g/mol. The maximum atomic E-state index is 10.1. The molecule has 0 spiro atoms. The van der Waals surface area contributed by atoms with Crippen LogP contribution in [0.5, 0.6) is 5.75 Å². The van der Waals surface area contributed by atoms with E-state index in [2.05, 4.69) is 42.5 Å². The second kappa shape index (κ2) is 11.5. The Hall–Kier alpha value is -3.07. The molecular formula is C22H24O3. The maximum Gasteiger partial charge on any atom is 0.330 e. The molecule has 3 heteroatoms. The summed E-state index contributed by atoms with van der Waals surface area (Å²) in [5, 5.41) is 9.23. The van der Waals surface area contributed by atoms with Gasteiger partial charge in [0.05, 0.1) is 6.61 Å². The molecule has 0 aromatic heterocycles. The molecular weight excluding hydrogens is 312 g/mol. The molecule has 0 aliphatic heterocycles. The number of aromatic hydroxyl groups is 1. The molecule has 0 radical (unpaired) electrons. The van der Waals surface area contributed by atoms with Crippen molar-refractivity contribution in [1.82, 2.24) is 0 Å². The van der Waals surface area contributed by atoms with Gasteiger partial charge in [-0.3, -0.25) is 0 Å². The number of phenols is 1. The zero-order valence-corrected chi connectivity index (χ0v) is 14.7. The normalized spacial score (nSPS) is 10.7. The molecule has 0 fully saturated rings. The standard InChI is InChI=1S/C17H16O.C5H8O2/c1-14(16-10-12-17(18)13-11-16)6-5-9-15-7-3-2-4-8-15;1-3-5(6)7-4-2/h2-13,18H,1H3;3H,1,4H2,2H3. The molecule has 0 aliphatic carbocycles. The Morgan fingerprint density at radius 3 is 2.28 bits per heavy atom. The largest absolute Gasteiger partial charge is 0.508 e. The van der Waals surface area contributed by atoms with Gasteiger partial charge >= 0.3 is 5.97 Å². The molecule has 130 valence electrons. The van der Waals surface area contributed by atoms with E-state index in [0.717, 1.165) is 11.6 Å². The topological polar surface area (TPSA) is 46.5 Å². The molecule has 0 bridgehead atoms. The highest BCUT2D eigenvalue weighted by Gasteiger charge is 1.94. The minimum Gasteiger partial charge on any atom is -0.508 e. The summed E-state index contributed by atoms with van der Waals surface area (Å²) in [7, 11) is 0. The molecule has 0 unspecified atom stereocenters. The first-order valence-electron chi connectivity index (χ1n) is 8.05. The predicted octanol–water partition coefficient (Wildman–Crippen LogP) is 5.24. The number of ether oxygens (including phenoxy) is 1. The summed E-state index contributed by atoms with van der Waals surface area (Å²) < 4.78 is 4.43. The fraction of sp³-hybridized carbons (Fsp3) is 0.136. The average molecular weight is 336 g/mol. The number of carbonyl (C=O) groups is 1. The lowest BCUT2D eigenvalue weighted by Crippen LogP contribution is -1.97. The van der Waals surface area contributed by atoms with Gasteiger partial charge in [-0.15, -0.1) is 0 Å². The summed E-state index contributed by atoms with van der Waals surface area (Å²) in [4.78, 5) is 10.1. The highest BCUT2D eigenvalue weighted by atomic mass is 16.5. The average Bonchev–Trinajstić information content (AvgIpc) is 2.64. The van der Waals surface area contributed by atoms with E-state index in [9.17, 15) is 9.90 Å². The summed E-state index contributed by atoms with van der Waals surface area (Å²) in [6.07, 6.45) is 7.32. The number of benzene rings is 2. The van der Waals surface area contributed by atoms with Crippen LogP contribution in [-0.4, -0.2) is 17.7 Å². The smallest absolute Gasteiger partial charge is 0.330 e. The van der Waals surface area contributed by atoms with E-state index in [4.69, 9.17) is 0 Å². The number of hydrogen-bond acceptors (Lipinski definition) is 3. The fourth-order valence-corrected chi connectivity index (χ4v) is 1.89. The van der Waals surface area contributed by atoms with Crippen molar-refractivity contribution in [2.24, 2.45) is 0 Å². The number of rotatable bonds is 5. The summed E-state index contributed by atoms with van der Waals surface area (Å²) in [5.74, 6) is -0.0612. The van der Waals surface area contributed by atoms with Gasteiger partial charge in [-0.25, -0.2) is 4.79 Å². The number of allylic oxidation sites excluding steroid dienone is 3. The molecule has 2 rings (SSSR count). The Balaban J connectivity index is 0.000000381. The lowest BCUT2D eigenvalue weighted by Gasteiger charge is -2.00. The Kier molecular flexibility index (Phi) is 9.16. The third-order valence-electron chi connectivity index (χ3n) is 3.21. The number of hydrogen-bond donors (Lipinski definition) is 1. The van der Waals surface area contributed by atoms with Crippen LogP contribution in [0.3, 0.4) is 0 Å². The van der Waals surface area contributed by atoms with Gasteiger partial charge in [-0.05, 0) is 42.7 Å². The van der Waals surface area contributed by atoms with E-state index in [1.54, 1.807) is 19.1 Å². The van der Waals surface area contributed by atoms with Gasteiger partial charge in [-0.1, -0.05) is 67.3 Å². The van der Waals surface area contributed by atoms with Crippen molar-refractivity contribution in [1.29, 1.82) is 0 Å². The maximum absolute atomic E-state index is 10.1. The van der Waals surface area contributed by atoms with Crippen LogP contribution in [0.15, 0.2) is 79.4 Å². The summed E-state index contributed by atoms with van der Waals surface area (Å²) in [6.45, 7) is 7.43. The van der Waals surface area contributed by atoms with Crippen LogP contribution in [0.1, 0.15) is 25.0 Å². The van der Waals surface area contributed by atoms with Gasteiger partial charge in [-0.2, -0.15) is 0 Å². The van der Waals surface area contributed by atoms with Gasteiger partial charge < -0.3 is 9.84 Å². The second-order valence-electron chi connectivity index (χ2n) is 5.12. The van der Waals surface area contributed by atoms with Crippen molar-refractivity contribution in [3.05, 3.63) is 90.5 Å². The van der Waals surface area contributed by atoms with Crippen LogP contribution in [0.2, 0.25) is 0 Å². The van der Waals surface area contributed by atoms with Crippen molar-refractivity contribution >= 4 is 17.6 Å². The first kappa shape index (κ1) is 20.0. The molecule has 0 saturated heterocycles. The molecule has 0 saturated carbocycles. The van der Waals surface area contributed by atoms with Gasteiger partial charge in [0.15, 0.2) is 0 Å². The lowest BCUT2D eigenvalue weighted by molar-refractivity contribution is -0.137. The summed E-state index contributed by atoms with van der Waals surface area (Å²) >= 11 is 0. The third kappa shape index (κ3) is 8.37. The predicted molar refractivity (Wildman–Crippen MR) is 104 cm³/mol. The molecule has 2 aromatic carbocycles. The van der Waals surface area contributed by atoms with Crippen LogP contribution >= 0.6 is 0 Å². The van der Waals surface area contributed by atoms with E-state index in [1.165, 1.54) is 11.1 Å². The first-order valence-corrected chi connectivity index (χ1v) is 8.05. The molecule has 1 N–H and O–H groups in total. The van der Waals surface area contributed by atoms with E-state index in [1.807, 2.05) is 36.4 Å². The molecule has 3 nitrogen and oxygen atoms in total. The van der Waals surface area contributed by atoms with Gasteiger partial charge in [0, 0.05) is 6.08 Å². The minimum absolute atomic E-state index is 0.298. The fourth-order valence-electron chi connectivity index (χ4n) is 1.89. The van der Waals surface area contributed by atoms with E-state index >= 15 is 0 Å². The SMILES string of the molecule is C=CC(=O)OCC.CC(=CC=Cc1ccccc1)c1ccc(O)cc1. The van der Waals surface area contributed by atoms with Crippen molar-refractivity contribution in [2.75, 3.05) is 6.61 Å². The van der Waals surface area contributed by atoms with Crippen LogP contribution in [-0.2, 0) is 9.53 Å². The lowest BCUT2D eigenvalue weighted by atomic mass is 10.1. The zero-order chi connectivity index (χ0) is 18.5. The Morgan fingerprint density at radius 1 is 1.12 bits per heavy atom. The van der Waals surface area contributed by atoms with Crippen molar-refractivity contribution in [2.45, 2.75) is 13.8 Å².